The van der Waals surface area contributed by atoms with E-state index in [-0.39, 0.29) is 5.02 Å². The van der Waals surface area contributed by atoms with E-state index in [2.05, 4.69) is 10.2 Å². The number of benzene rings is 1. The van der Waals surface area contributed by atoms with Crippen LogP contribution in [0, 0.1) is 12.4 Å². The molecule has 114 valence electrons. The number of carbonyl (C=O) groups excluding carboxylic acids is 1. The molecule has 0 aromatic heterocycles. The van der Waals surface area contributed by atoms with Gasteiger partial charge in [-0.15, -0.1) is 0 Å². The van der Waals surface area contributed by atoms with E-state index in [1.165, 1.54) is 25.3 Å². The SMILES string of the molecule is [C-]#[N+]C1=C(C)NC(C)=C(C(=O)OC)C1c1ccc(F)cc1Cl. The average Bonchev–Trinajstić information content (AvgIpc) is 2.46. The van der Waals surface area contributed by atoms with E-state index in [9.17, 15) is 9.18 Å². The lowest BCUT2D eigenvalue weighted by atomic mass is 9.84. The van der Waals surface area contributed by atoms with Crippen LogP contribution in [0.2, 0.25) is 5.02 Å². The van der Waals surface area contributed by atoms with E-state index in [0.717, 1.165) is 0 Å². The molecule has 0 fully saturated rings. The molecule has 0 spiro atoms. The molecular weight excluding hydrogens is 307 g/mol. The molecule has 0 bridgehead atoms. The Balaban J connectivity index is 2.71. The fraction of sp³-hybridized carbons (Fsp3) is 0.250. The van der Waals surface area contributed by atoms with Crippen LogP contribution in [0.4, 0.5) is 4.39 Å². The van der Waals surface area contributed by atoms with E-state index in [0.29, 0.717) is 28.2 Å². The maximum Gasteiger partial charge on any atom is 0.335 e. The number of nitrogens with one attached hydrogen (secondary N) is 1. The summed E-state index contributed by atoms with van der Waals surface area (Å²) < 4.78 is 18.1. The standard InChI is InChI=1S/C16H14ClFN2O2/c1-8-13(16(21)22-4)14(15(19-3)9(2)20-8)11-6-5-10(18)7-12(11)17/h5-7,14,20H,1-2,4H3. The number of methoxy groups -OCH3 is 1. The van der Waals surface area contributed by atoms with Crippen molar-refractivity contribution in [2.75, 3.05) is 7.11 Å². The van der Waals surface area contributed by atoms with E-state index < -0.39 is 17.7 Å². The molecule has 1 unspecified atom stereocenters. The summed E-state index contributed by atoms with van der Waals surface area (Å²) in [5.74, 6) is -1.71. The maximum atomic E-state index is 13.3. The molecule has 0 saturated carbocycles. The Morgan fingerprint density at radius 3 is 2.64 bits per heavy atom. The summed E-state index contributed by atoms with van der Waals surface area (Å²) in [5.41, 5.74) is 2.34. The zero-order valence-electron chi connectivity index (χ0n) is 12.3. The van der Waals surface area contributed by atoms with Gasteiger partial charge in [-0.05, 0) is 31.5 Å². The van der Waals surface area contributed by atoms with Gasteiger partial charge in [0.2, 0.25) is 0 Å². The number of nitrogens with zero attached hydrogens (tertiary/aromatic N) is 1. The zero-order valence-corrected chi connectivity index (χ0v) is 13.1. The van der Waals surface area contributed by atoms with Crippen LogP contribution in [0.15, 0.2) is 40.9 Å². The number of rotatable bonds is 2. The summed E-state index contributed by atoms with van der Waals surface area (Å²) in [4.78, 5) is 15.7. The molecule has 22 heavy (non-hydrogen) atoms. The number of hydrogen-bond donors (Lipinski definition) is 1. The highest BCUT2D eigenvalue weighted by Crippen LogP contribution is 2.41. The Hall–Kier alpha value is -2.32. The first kappa shape index (κ1) is 16.1. The van der Waals surface area contributed by atoms with Crippen molar-refractivity contribution in [2.24, 2.45) is 0 Å². The summed E-state index contributed by atoms with van der Waals surface area (Å²) in [5, 5.41) is 3.17. The van der Waals surface area contributed by atoms with Crippen molar-refractivity contribution in [1.29, 1.82) is 0 Å². The Labute approximate surface area is 133 Å². The maximum absolute atomic E-state index is 13.3. The van der Waals surface area contributed by atoms with E-state index in [4.69, 9.17) is 22.9 Å². The first-order chi connectivity index (χ1) is 10.4. The summed E-state index contributed by atoms with van der Waals surface area (Å²) in [7, 11) is 1.27. The second-order valence-corrected chi connectivity index (χ2v) is 5.28. The molecule has 0 saturated heterocycles. The van der Waals surface area contributed by atoms with E-state index in [1.807, 2.05) is 0 Å². The molecule has 2 rings (SSSR count). The predicted octanol–water partition coefficient (Wildman–Crippen LogP) is 3.76. The molecule has 1 aliphatic heterocycles. The van der Waals surface area contributed by atoms with Crippen LogP contribution < -0.4 is 5.32 Å². The highest BCUT2D eigenvalue weighted by Gasteiger charge is 2.35. The topological polar surface area (TPSA) is 42.7 Å². The van der Waals surface area contributed by atoms with Crippen molar-refractivity contribution in [3.8, 4) is 0 Å². The van der Waals surface area contributed by atoms with Crippen LogP contribution >= 0.6 is 11.6 Å². The third kappa shape index (κ3) is 2.70. The molecule has 0 aliphatic carbocycles. The number of carbonyl (C=O) groups is 1. The summed E-state index contributed by atoms with van der Waals surface area (Å²) in [6.45, 7) is 10.9. The number of ether oxygens (including phenoxy) is 1. The minimum Gasteiger partial charge on any atom is -0.466 e. The van der Waals surface area contributed by atoms with Gasteiger partial charge < -0.3 is 10.1 Å². The average molecular weight is 321 g/mol. The van der Waals surface area contributed by atoms with Gasteiger partial charge in [-0.1, -0.05) is 17.7 Å². The van der Waals surface area contributed by atoms with Gasteiger partial charge in [0.25, 0.3) is 0 Å². The summed E-state index contributed by atoms with van der Waals surface area (Å²) >= 11 is 6.13. The second-order valence-electron chi connectivity index (χ2n) is 4.88. The van der Waals surface area contributed by atoms with E-state index >= 15 is 0 Å². The first-order valence-electron chi connectivity index (χ1n) is 6.50. The number of dihydropyridines is 1. The summed E-state index contributed by atoms with van der Waals surface area (Å²) in [6.07, 6.45) is 0. The minimum absolute atomic E-state index is 0.162. The highest BCUT2D eigenvalue weighted by atomic mass is 35.5. The normalized spacial score (nSPS) is 17.9. The molecule has 6 heteroatoms. The lowest BCUT2D eigenvalue weighted by molar-refractivity contribution is -0.136. The lowest BCUT2D eigenvalue weighted by Gasteiger charge is -2.28. The molecule has 1 atom stereocenters. The minimum atomic E-state index is -0.681. The van der Waals surface area contributed by atoms with Gasteiger partial charge in [0, 0.05) is 16.4 Å². The van der Waals surface area contributed by atoms with Gasteiger partial charge in [0.1, 0.15) is 5.82 Å². The van der Waals surface area contributed by atoms with Gasteiger partial charge in [-0.2, -0.15) is 0 Å². The van der Waals surface area contributed by atoms with Crippen molar-refractivity contribution in [3.63, 3.8) is 0 Å². The van der Waals surface area contributed by atoms with Crippen molar-refractivity contribution in [3.05, 3.63) is 68.7 Å². The van der Waals surface area contributed by atoms with Crippen molar-refractivity contribution >= 4 is 17.6 Å². The third-order valence-electron chi connectivity index (χ3n) is 3.52. The molecule has 1 heterocycles. The molecule has 4 nitrogen and oxygen atoms in total. The first-order valence-corrected chi connectivity index (χ1v) is 6.87. The Morgan fingerprint density at radius 2 is 2.09 bits per heavy atom. The molecule has 1 aromatic carbocycles. The van der Waals surface area contributed by atoms with Crippen molar-refractivity contribution in [1.82, 2.24) is 5.32 Å². The van der Waals surface area contributed by atoms with Crippen LogP contribution in [-0.2, 0) is 9.53 Å². The molecule has 1 aliphatic rings. The monoisotopic (exact) mass is 320 g/mol. The second kappa shape index (κ2) is 6.20. The fourth-order valence-corrected chi connectivity index (χ4v) is 2.83. The van der Waals surface area contributed by atoms with Gasteiger partial charge in [-0.25, -0.2) is 14.0 Å². The van der Waals surface area contributed by atoms with Gasteiger partial charge in [0.15, 0.2) is 5.70 Å². The van der Waals surface area contributed by atoms with Gasteiger partial charge in [-0.3, -0.25) is 0 Å². The molecular formula is C16H14ClFN2O2. The number of esters is 1. The van der Waals surface area contributed by atoms with Crippen molar-refractivity contribution in [2.45, 2.75) is 19.8 Å². The quantitative estimate of drug-likeness (QED) is 0.666. The highest BCUT2D eigenvalue weighted by molar-refractivity contribution is 6.31. The third-order valence-corrected chi connectivity index (χ3v) is 3.85. The van der Waals surface area contributed by atoms with Crippen LogP contribution in [0.1, 0.15) is 25.3 Å². The van der Waals surface area contributed by atoms with E-state index in [1.54, 1.807) is 13.8 Å². The molecule has 0 amide bonds. The Kier molecular flexibility index (Phi) is 4.53. The van der Waals surface area contributed by atoms with Gasteiger partial charge in [0.05, 0.1) is 25.2 Å². The van der Waals surface area contributed by atoms with Crippen LogP contribution in [0.25, 0.3) is 4.85 Å². The zero-order chi connectivity index (χ0) is 16.4. The number of hydrogen-bond acceptors (Lipinski definition) is 3. The van der Waals surface area contributed by atoms with Crippen LogP contribution in [0.5, 0.6) is 0 Å². The largest absolute Gasteiger partial charge is 0.466 e. The smallest absolute Gasteiger partial charge is 0.335 e. The fourth-order valence-electron chi connectivity index (χ4n) is 2.55. The predicted molar refractivity (Wildman–Crippen MR) is 81.3 cm³/mol. The number of halogens is 2. The molecule has 1 N–H and O–H groups in total. The lowest BCUT2D eigenvalue weighted by Crippen LogP contribution is -2.28. The molecule has 1 aromatic rings. The van der Waals surface area contributed by atoms with Crippen molar-refractivity contribution < 1.29 is 13.9 Å². The summed E-state index contributed by atoms with van der Waals surface area (Å²) in [6, 6.07) is 3.91. The van der Waals surface area contributed by atoms with Crippen LogP contribution in [0.3, 0.4) is 0 Å². The number of allylic oxidation sites excluding steroid dienone is 3. The van der Waals surface area contributed by atoms with Gasteiger partial charge >= 0.3 is 5.97 Å². The molecule has 0 radical (unpaired) electrons. The Morgan fingerprint density at radius 1 is 1.41 bits per heavy atom. The van der Waals surface area contributed by atoms with Crippen LogP contribution in [-0.4, -0.2) is 13.1 Å². The Bertz CT molecular complexity index is 747.